The second-order valence-electron chi connectivity index (χ2n) is 7.13. The molecule has 0 saturated carbocycles. The van der Waals surface area contributed by atoms with Crippen LogP contribution in [0.25, 0.3) is 0 Å². The maximum absolute atomic E-state index is 12.9. The Hall–Kier alpha value is -1.38. The third kappa shape index (κ3) is 3.36. The molecule has 0 unspecified atom stereocenters. The zero-order valence-electron chi connectivity index (χ0n) is 14.6. The summed E-state index contributed by atoms with van der Waals surface area (Å²) in [5, 5.41) is 4.18. The van der Waals surface area contributed by atoms with Gasteiger partial charge in [0, 0.05) is 44.3 Å². The Morgan fingerprint density at radius 3 is 2.29 bits per heavy atom. The number of thiophene rings is 1. The van der Waals surface area contributed by atoms with Crippen molar-refractivity contribution >= 4 is 27.0 Å². The number of nitrogens with zero attached hydrogens (tertiary/aromatic N) is 4. The van der Waals surface area contributed by atoms with Crippen LogP contribution in [-0.2, 0) is 22.5 Å². The quantitative estimate of drug-likeness (QED) is 0.834. The molecular formula is C16H24N4O2S2. The minimum Gasteiger partial charge on any atom is -0.366 e. The van der Waals surface area contributed by atoms with Crippen LogP contribution in [0.4, 0.5) is 5.69 Å². The van der Waals surface area contributed by atoms with Gasteiger partial charge >= 0.3 is 0 Å². The molecule has 0 bridgehead atoms. The molecule has 8 heteroatoms. The molecule has 3 rings (SSSR count). The fourth-order valence-corrected chi connectivity index (χ4v) is 5.69. The minimum atomic E-state index is -3.40. The predicted molar refractivity (Wildman–Crippen MR) is 97.2 cm³/mol. The zero-order valence-corrected chi connectivity index (χ0v) is 16.2. The van der Waals surface area contributed by atoms with Crippen LogP contribution < -0.4 is 4.90 Å². The minimum absolute atomic E-state index is 0.0303. The van der Waals surface area contributed by atoms with Crippen LogP contribution in [0.15, 0.2) is 28.7 Å². The molecule has 1 saturated heterocycles. The Kier molecular flexibility index (Phi) is 4.48. The highest BCUT2D eigenvalue weighted by molar-refractivity contribution is 7.91. The van der Waals surface area contributed by atoms with Gasteiger partial charge in [0.15, 0.2) is 0 Å². The summed E-state index contributed by atoms with van der Waals surface area (Å²) in [6, 6.07) is 3.68. The zero-order chi connectivity index (χ0) is 17.5. The summed E-state index contributed by atoms with van der Waals surface area (Å²) in [6.07, 6.45) is 3.78. The van der Waals surface area contributed by atoms with Gasteiger partial charge in [0.25, 0.3) is 10.0 Å². The monoisotopic (exact) mass is 368 g/mol. The lowest BCUT2D eigenvalue weighted by Crippen LogP contribution is -2.48. The topological polar surface area (TPSA) is 58.4 Å². The highest BCUT2D eigenvalue weighted by atomic mass is 32.2. The van der Waals surface area contributed by atoms with Gasteiger partial charge in [-0.05, 0) is 17.5 Å². The maximum atomic E-state index is 12.9. The van der Waals surface area contributed by atoms with E-state index in [1.165, 1.54) is 11.3 Å². The Morgan fingerprint density at radius 2 is 1.79 bits per heavy atom. The van der Waals surface area contributed by atoms with E-state index in [2.05, 4.69) is 30.8 Å². The van der Waals surface area contributed by atoms with Gasteiger partial charge in [-0.1, -0.05) is 20.8 Å². The molecule has 1 aliphatic heterocycles. The summed E-state index contributed by atoms with van der Waals surface area (Å²) in [7, 11) is -1.51. The number of aryl methyl sites for hydroxylation is 1. The number of piperazine rings is 1. The first-order valence-corrected chi connectivity index (χ1v) is 10.3. The van der Waals surface area contributed by atoms with Crippen molar-refractivity contribution in [2.24, 2.45) is 7.05 Å². The van der Waals surface area contributed by atoms with Gasteiger partial charge < -0.3 is 4.90 Å². The normalized spacial score (nSPS) is 17.4. The van der Waals surface area contributed by atoms with Gasteiger partial charge in [-0.3, -0.25) is 4.68 Å². The van der Waals surface area contributed by atoms with Crippen LogP contribution in [0.1, 0.15) is 25.6 Å². The SMILES string of the molecule is Cn1cc(N2CCN(S(=O)(=O)c3ccc(C(C)(C)C)s3)CC2)cn1. The summed E-state index contributed by atoms with van der Waals surface area (Å²) in [4.78, 5) is 3.27. The first-order chi connectivity index (χ1) is 11.2. The molecule has 0 atom stereocenters. The van der Waals surface area contributed by atoms with E-state index < -0.39 is 10.0 Å². The van der Waals surface area contributed by atoms with E-state index in [9.17, 15) is 8.42 Å². The lowest BCUT2D eigenvalue weighted by Gasteiger charge is -2.34. The Labute approximate surface area is 147 Å². The Bertz CT molecular complexity index is 809. The van der Waals surface area contributed by atoms with Crippen molar-refractivity contribution in [3.05, 3.63) is 29.4 Å². The Morgan fingerprint density at radius 1 is 1.12 bits per heavy atom. The molecule has 6 nitrogen and oxygen atoms in total. The number of sulfonamides is 1. The van der Waals surface area contributed by atoms with Gasteiger partial charge in [-0.2, -0.15) is 9.40 Å². The molecular weight excluding hydrogens is 344 g/mol. The summed E-state index contributed by atoms with van der Waals surface area (Å²) in [6.45, 7) is 8.66. The summed E-state index contributed by atoms with van der Waals surface area (Å²) in [5.41, 5.74) is 1.01. The largest absolute Gasteiger partial charge is 0.366 e. The van der Waals surface area contributed by atoms with Crippen LogP contribution in [0.2, 0.25) is 0 Å². The average molecular weight is 369 g/mol. The summed E-state index contributed by atoms with van der Waals surface area (Å²) in [5.74, 6) is 0. The second kappa shape index (κ2) is 6.16. The van der Waals surface area contributed by atoms with Crippen LogP contribution >= 0.6 is 11.3 Å². The smallest absolute Gasteiger partial charge is 0.252 e. The standard InChI is InChI=1S/C16H24N4O2S2/c1-16(2,3)14-5-6-15(23-14)24(21,22)20-9-7-19(8-10-20)13-11-17-18(4)12-13/h5-6,11-12H,7-10H2,1-4H3. The van der Waals surface area contributed by atoms with E-state index in [0.29, 0.717) is 30.4 Å². The van der Waals surface area contributed by atoms with Crippen LogP contribution in [0.5, 0.6) is 0 Å². The highest BCUT2D eigenvalue weighted by Crippen LogP contribution is 2.33. The molecule has 0 aliphatic carbocycles. The van der Waals surface area contributed by atoms with Crippen molar-refractivity contribution in [3.8, 4) is 0 Å². The molecule has 0 aromatic carbocycles. The van der Waals surface area contributed by atoms with Crippen molar-refractivity contribution in [2.45, 2.75) is 30.4 Å². The molecule has 1 aliphatic rings. The van der Waals surface area contributed by atoms with Crippen molar-refractivity contribution in [1.82, 2.24) is 14.1 Å². The fraction of sp³-hybridized carbons (Fsp3) is 0.562. The molecule has 1 fully saturated rings. The number of anilines is 1. The fourth-order valence-electron chi connectivity index (χ4n) is 2.75. The van der Waals surface area contributed by atoms with Crippen LogP contribution in [-0.4, -0.2) is 48.7 Å². The van der Waals surface area contributed by atoms with Crippen LogP contribution in [0, 0.1) is 0 Å². The first-order valence-electron chi connectivity index (χ1n) is 8.02. The number of hydrogen-bond donors (Lipinski definition) is 0. The lowest BCUT2D eigenvalue weighted by atomic mass is 9.95. The van der Waals surface area contributed by atoms with Gasteiger partial charge in [-0.25, -0.2) is 8.42 Å². The highest BCUT2D eigenvalue weighted by Gasteiger charge is 2.31. The molecule has 2 aromatic rings. The molecule has 3 heterocycles. The second-order valence-corrected chi connectivity index (χ2v) is 10.4. The van der Waals surface area contributed by atoms with E-state index >= 15 is 0 Å². The summed E-state index contributed by atoms with van der Waals surface area (Å²) < 4.78 is 29.6. The molecule has 0 N–H and O–H groups in total. The Balaban J connectivity index is 1.72. The molecule has 24 heavy (non-hydrogen) atoms. The summed E-state index contributed by atoms with van der Waals surface area (Å²) >= 11 is 1.38. The van der Waals surface area contributed by atoms with Crippen molar-refractivity contribution in [2.75, 3.05) is 31.1 Å². The van der Waals surface area contributed by atoms with Gasteiger partial charge in [0.05, 0.1) is 11.9 Å². The lowest BCUT2D eigenvalue weighted by molar-refractivity contribution is 0.386. The third-order valence-electron chi connectivity index (χ3n) is 4.21. The first kappa shape index (κ1) is 17.4. The van der Waals surface area contributed by atoms with Gasteiger partial charge in [0.1, 0.15) is 4.21 Å². The van der Waals surface area contributed by atoms with Gasteiger partial charge in [-0.15, -0.1) is 11.3 Å². The molecule has 2 aromatic heterocycles. The average Bonchev–Trinajstić information content (AvgIpc) is 3.16. The molecule has 0 radical (unpaired) electrons. The van der Waals surface area contributed by atoms with E-state index in [1.54, 1.807) is 15.1 Å². The van der Waals surface area contributed by atoms with Crippen LogP contribution in [0.3, 0.4) is 0 Å². The van der Waals surface area contributed by atoms with Crippen molar-refractivity contribution in [1.29, 1.82) is 0 Å². The van der Waals surface area contributed by atoms with Crippen molar-refractivity contribution in [3.63, 3.8) is 0 Å². The van der Waals surface area contributed by atoms with E-state index in [-0.39, 0.29) is 5.41 Å². The maximum Gasteiger partial charge on any atom is 0.252 e. The number of rotatable bonds is 3. The third-order valence-corrected chi connectivity index (χ3v) is 8.09. The number of aromatic nitrogens is 2. The van der Waals surface area contributed by atoms with E-state index in [4.69, 9.17) is 0 Å². The van der Waals surface area contributed by atoms with E-state index in [1.807, 2.05) is 25.5 Å². The predicted octanol–water partition coefficient (Wildman–Crippen LogP) is 2.29. The molecule has 132 valence electrons. The molecule has 0 amide bonds. The number of hydrogen-bond acceptors (Lipinski definition) is 5. The van der Waals surface area contributed by atoms with Gasteiger partial charge in [0.2, 0.25) is 0 Å². The van der Waals surface area contributed by atoms with Crippen molar-refractivity contribution < 1.29 is 8.42 Å². The molecule has 0 spiro atoms. The van der Waals surface area contributed by atoms with E-state index in [0.717, 1.165) is 10.6 Å².